The molecule has 2 aromatic rings. The Bertz CT molecular complexity index is 1310. The van der Waals surface area contributed by atoms with Crippen LogP contribution in [0.3, 0.4) is 0 Å². The number of fused-ring (bicyclic) bond motifs is 1. The highest BCUT2D eigenvalue weighted by Crippen LogP contribution is 2.44. The molecule has 7 nitrogen and oxygen atoms in total. The second kappa shape index (κ2) is 12.1. The van der Waals surface area contributed by atoms with Gasteiger partial charge in [-0.2, -0.15) is 0 Å². The quantitative estimate of drug-likeness (QED) is 0.517. The molecule has 4 aliphatic rings. The van der Waals surface area contributed by atoms with Gasteiger partial charge in [-0.05, 0) is 74.9 Å². The largest absolute Gasteiger partial charge is 0.370 e. The number of likely N-dealkylation sites (N-methyl/N-ethyl adjacent to an activating group) is 1. The summed E-state index contributed by atoms with van der Waals surface area (Å²) in [5.41, 5.74) is 9.06. The van der Waals surface area contributed by atoms with Crippen LogP contribution < -0.4 is 10.2 Å². The van der Waals surface area contributed by atoms with Crippen molar-refractivity contribution in [1.29, 1.82) is 0 Å². The molecule has 1 amide bonds. The molecule has 2 fully saturated rings. The molecule has 1 unspecified atom stereocenters. The van der Waals surface area contributed by atoms with Gasteiger partial charge < -0.3 is 15.1 Å². The zero-order chi connectivity index (χ0) is 27.5. The van der Waals surface area contributed by atoms with Crippen LogP contribution in [0.2, 0.25) is 0 Å². The van der Waals surface area contributed by atoms with Crippen LogP contribution in [0.5, 0.6) is 0 Å². The number of pyridine rings is 2. The number of hydrogen-bond acceptors (Lipinski definition) is 6. The minimum absolute atomic E-state index is 0.0197. The lowest BCUT2D eigenvalue weighted by molar-refractivity contribution is -0.113. The van der Waals surface area contributed by atoms with Crippen molar-refractivity contribution in [1.82, 2.24) is 19.8 Å². The standard InChI is InChI=1S/C33H42N6O/c1-3-24-6-7-25-8-9-26(27-18-30(22-34-20-27)39-12-4-5-13-39)19-31(25)32(24)33(40)36-28-10-11-29(35-21-28)23-38-16-14-37(2)15-17-38/h8-11,18,20-22,31H,3-7,12-17,19,23H2,1-2H3,(H,36,40). The first-order valence-electron chi connectivity index (χ1n) is 15.1. The van der Waals surface area contributed by atoms with Crippen molar-refractivity contribution in [3.8, 4) is 0 Å². The summed E-state index contributed by atoms with van der Waals surface area (Å²) in [5, 5.41) is 3.20. The van der Waals surface area contributed by atoms with Gasteiger partial charge in [0.2, 0.25) is 0 Å². The topological polar surface area (TPSA) is 64.6 Å². The SMILES string of the molecule is CCC1=C(C(=O)Nc2ccc(CN3CCN(C)CC3)nc2)C2CC(c3cncc(N4CCCC4)c3)=CC=C2CC1. The molecule has 1 N–H and O–H groups in total. The maximum Gasteiger partial charge on any atom is 0.252 e. The van der Waals surface area contributed by atoms with Crippen LogP contribution >= 0.6 is 0 Å². The number of allylic oxidation sites excluding steroid dienone is 5. The minimum Gasteiger partial charge on any atom is -0.370 e. The minimum atomic E-state index is 0.0197. The summed E-state index contributed by atoms with van der Waals surface area (Å²) in [4.78, 5) is 30.3. The molecule has 0 saturated carbocycles. The zero-order valence-corrected chi connectivity index (χ0v) is 24.0. The van der Waals surface area contributed by atoms with Crippen LogP contribution in [-0.4, -0.2) is 72.0 Å². The smallest absolute Gasteiger partial charge is 0.252 e. The summed E-state index contributed by atoms with van der Waals surface area (Å²) in [5.74, 6) is 0.134. The molecule has 0 radical (unpaired) electrons. The van der Waals surface area contributed by atoms with Crippen LogP contribution in [0.25, 0.3) is 5.57 Å². The number of nitrogens with one attached hydrogen (secondary N) is 1. The van der Waals surface area contributed by atoms with E-state index in [1.165, 1.54) is 40.8 Å². The van der Waals surface area contributed by atoms with Crippen molar-refractivity contribution in [2.75, 3.05) is 56.5 Å². The lowest BCUT2D eigenvalue weighted by Gasteiger charge is -2.33. The van der Waals surface area contributed by atoms with E-state index in [0.29, 0.717) is 0 Å². The predicted molar refractivity (Wildman–Crippen MR) is 162 cm³/mol. The van der Waals surface area contributed by atoms with Crippen LogP contribution in [-0.2, 0) is 11.3 Å². The van der Waals surface area contributed by atoms with Gasteiger partial charge in [0.1, 0.15) is 0 Å². The molecule has 0 aromatic carbocycles. The van der Waals surface area contributed by atoms with Crippen LogP contribution in [0.15, 0.2) is 65.7 Å². The van der Waals surface area contributed by atoms with Crippen molar-refractivity contribution in [3.05, 3.63) is 76.9 Å². The number of anilines is 2. The van der Waals surface area contributed by atoms with Crippen LogP contribution in [0.4, 0.5) is 11.4 Å². The molecule has 0 spiro atoms. The van der Waals surface area contributed by atoms with Gasteiger partial charge in [0.15, 0.2) is 0 Å². The van der Waals surface area contributed by atoms with Gasteiger partial charge in [0.25, 0.3) is 5.91 Å². The summed E-state index contributed by atoms with van der Waals surface area (Å²) < 4.78 is 0. The van der Waals surface area contributed by atoms with Crippen molar-refractivity contribution in [2.24, 2.45) is 5.92 Å². The normalized spacial score (nSPS) is 22.1. The predicted octanol–water partition coefficient (Wildman–Crippen LogP) is 5.29. The fraction of sp³-hybridized carbons (Fsp3) is 0.485. The summed E-state index contributed by atoms with van der Waals surface area (Å²) in [6, 6.07) is 6.34. The first-order chi connectivity index (χ1) is 19.6. The average molecular weight is 539 g/mol. The second-order valence-electron chi connectivity index (χ2n) is 11.8. The molecule has 0 bridgehead atoms. The second-order valence-corrected chi connectivity index (χ2v) is 11.8. The van der Waals surface area contributed by atoms with Crippen molar-refractivity contribution < 1.29 is 4.79 Å². The van der Waals surface area contributed by atoms with Crippen molar-refractivity contribution in [3.63, 3.8) is 0 Å². The number of piperazine rings is 1. The Labute approximate surface area is 238 Å². The molecule has 7 heteroatoms. The molecule has 210 valence electrons. The first kappa shape index (κ1) is 26.9. The highest BCUT2D eigenvalue weighted by atomic mass is 16.1. The maximum atomic E-state index is 13.8. The molecule has 2 aliphatic carbocycles. The summed E-state index contributed by atoms with van der Waals surface area (Å²) in [6.07, 6.45) is 16.5. The van der Waals surface area contributed by atoms with Crippen molar-refractivity contribution in [2.45, 2.75) is 52.0 Å². The molecule has 40 heavy (non-hydrogen) atoms. The molecule has 4 heterocycles. The van der Waals surface area contributed by atoms with Crippen LogP contribution in [0, 0.1) is 5.92 Å². The monoisotopic (exact) mass is 538 g/mol. The van der Waals surface area contributed by atoms with E-state index in [1.807, 2.05) is 24.7 Å². The van der Waals surface area contributed by atoms with E-state index in [9.17, 15) is 4.79 Å². The zero-order valence-electron chi connectivity index (χ0n) is 24.0. The third-order valence-electron chi connectivity index (χ3n) is 9.12. The van der Waals surface area contributed by atoms with Gasteiger partial charge in [0.05, 0.1) is 29.5 Å². The number of aromatic nitrogens is 2. The van der Waals surface area contributed by atoms with E-state index in [0.717, 1.165) is 88.5 Å². The lowest BCUT2D eigenvalue weighted by atomic mass is 9.72. The number of carbonyl (C=O) groups excluding carboxylic acids is 1. The average Bonchev–Trinajstić information content (AvgIpc) is 3.54. The number of rotatable bonds is 7. The van der Waals surface area contributed by atoms with E-state index in [1.54, 1.807) is 0 Å². The number of amides is 1. The molecular formula is C33H42N6O. The Balaban J connectivity index is 1.16. The van der Waals surface area contributed by atoms with Gasteiger partial charge >= 0.3 is 0 Å². The fourth-order valence-corrected chi connectivity index (χ4v) is 6.64. The van der Waals surface area contributed by atoms with E-state index in [2.05, 4.69) is 68.2 Å². The Kier molecular flexibility index (Phi) is 8.12. The summed E-state index contributed by atoms with van der Waals surface area (Å²) >= 11 is 0. The van der Waals surface area contributed by atoms with Gasteiger partial charge in [-0.1, -0.05) is 30.2 Å². The van der Waals surface area contributed by atoms with E-state index < -0.39 is 0 Å². The third kappa shape index (κ3) is 5.91. The molecular weight excluding hydrogens is 496 g/mol. The third-order valence-corrected chi connectivity index (χ3v) is 9.12. The molecule has 2 aliphatic heterocycles. The fourth-order valence-electron chi connectivity index (χ4n) is 6.64. The molecule has 2 saturated heterocycles. The molecule has 6 rings (SSSR count). The number of hydrogen-bond donors (Lipinski definition) is 1. The maximum absolute atomic E-state index is 13.8. The number of nitrogens with zero attached hydrogens (tertiary/aromatic N) is 5. The van der Waals surface area contributed by atoms with Crippen molar-refractivity contribution >= 4 is 22.9 Å². The Morgan fingerprint density at radius 1 is 1.00 bits per heavy atom. The Morgan fingerprint density at radius 2 is 1.82 bits per heavy atom. The van der Waals surface area contributed by atoms with Gasteiger partial charge in [-0.3, -0.25) is 19.7 Å². The first-order valence-corrected chi connectivity index (χ1v) is 15.1. The molecule has 1 atom stereocenters. The van der Waals surface area contributed by atoms with E-state index in [4.69, 9.17) is 0 Å². The van der Waals surface area contributed by atoms with Crippen LogP contribution in [0.1, 0.15) is 56.7 Å². The van der Waals surface area contributed by atoms with Gasteiger partial charge in [-0.25, -0.2) is 0 Å². The summed E-state index contributed by atoms with van der Waals surface area (Å²) in [6.45, 7) is 9.57. The van der Waals surface area contributed by atoms with E-state index in [-0.39, 0.29) is 11.8 Å². The number of carbonyl (C=O) groups is 1. The lowest BCUT2D eigenvalue weighted by Crippen LogP contribution is -2.43. The Morgan fingerprint density at radius 3 is 2.58 bits per heavy atom. The summed E-state index contributed by atoms with van der Waals surface area (Å²) in [7, 11) is 2.17. The molecule has 2 aromatic heterocycles. The highest BCUT2D eigenvalue weighted by molar-refractivity contribution is 6.05. The van der Waals surface area contributed by atoms with Gasteiger partial charge in [0, 0.05) is 63.5 Å². The van der Waals surface area contributed by atoms with E-state index >= 15 is 0 Å². The Hall–Kier alpha value is -3.29. The highest BCUT2D eigenvalue weighted by Gasteiger charge is 2.33. The van der Waals surface area contributed by atoms with Gasteiger partial charge in [-0.15, -0.1) is 0 Å².